The number of rotatable bonds is 2. The van der Waals surface area contributed by atoms with Gasteiger partial charge in [-0.25, -0.2) is 4.39 Å². The molecular formula is C13H8F4O2. The van der Waals surface area contributed by atoms with Gasteiger partial charge in [0.1, 0.15) is 5.82 Å². The molecule has 2 rings (SSSR count). The second-order valence-electron chi connectivity index (χ2n) is 3.71. The zero-order valence-electron chi connectivity index (χ0n) is 9.41. The standard InChI is InChI=1S/C13H8F4O2/c14-10-4-2-1-3-9(10)8-5-6-11(18)12(7-8)19-13(15,16)17/h1-7,18H. The Labute approximate surface area is 105 Å². The second-order valence-corrected chi connectivity index (χ2v) is 3.71. The molecule has 19 heavy (non-hydrogen) atoms. The highest BCUT2D eigenvalue weighted by Gasteiger charge is 2.32. The molecule has 0 amide bonds. The van der Waals surface area contributed by atoms with Gasteiger partial charge >= 0.3 is 6.36 Å². The minimum absolute atomic E-state index is 0.120. The van der Waals surface area contributed by atoms with Crippen LogP contribution >= 0.6 is 0 Å². The van der Waals surface area contributed by atoms with Crippen LogP contribution in [0.4, 0.5) is 17.6 Å². The summed E-state index contributed by atoms with van der Waals surface area (Å²) < 4.78 is 53.6. The van der Waals surface area contributed by atoms with Crippen LogP contribution in [0.3, 0.4) is 0 Å². The van der Waals surface area contributed by atoms with E-state index in [1.807, 2.05) is 0 Å². The van der Waals surface area contributed by atoms with Crippen LogP contribution in [0.2, 0.25) is 0 Å². The van der Waals surface area contributed by atoms with Crippen molar-refractivity contribution in [1.82, 2.24) is 0 Å². The average molecular weight is 272 g/mol. The molecule has 2 nitrogen and oxygen atoms in total. The number of hydrogen-bond donors (Lipinski definition) is 1. The van der Waals surface area contributed by atoms with Gasteiger partial charge in [0.05, 0.1) is 0 Å². The normalized spacial score (nSPS) is 11.4. The molecule has 0 saturated carbocycles. The topological polar surface area (TPSA) is 29.5 Å². The lowest BCUT2D eigenvalue weighted by molar-refractivity contribution is -0.275. The fourth-order valence-electron chi connectivity index (χ4n) is 1.58. The van der Waals surface area contributed by atoms with Crippen molar-refractivity contribution >= 4 is 0 Å². The monoisotopic (exact) mass is 272 g/mol. The molecule has 0 bridgehead atoms. The molecule has 6 heteroatoms. The highest BCUT2D eigenvalue weighted by Crippen LogP contribution is 2.35. The zero-order chi connectivity index (χ0) is 14.0. The van der Waals surface area contributed by atoms with Crippen molar-refractivity contribution in [3.8, 4) is 22.6 Å². The summed E-state index contributed by atoms with van der Waals surface area (Å²) in [6, 6.07) is 8.87. The molecule has 2 aromatic rings. The highest BCUT2D eigenvalue weighted by molar-refractivity contribution is 5.67. The first-order valence-electron chi connectivity index (χ1n) is 5.20. The van der Waals surface area contributed by atoms with Crippen molar-refractivity contribution in [1.29, 1.82) is 0 Å². The van der Waals surface area contributed by atoms with Gasteiger partial charge in [0.25, 0.3) is 0 Å². The Kier molecular flexibility index (Phi) is 3.33. The van der Waals surface area contributed by atoms with Gasteiger partial charge in [-0.15, -0.1) is 13.2 Å². The Morgan fingerprint density at radius 1 is 1.00 bits per heavy atom. The van der Waals surface area contributed by atoms with Crippen molar-refractivity contribution in [2.24, 2.45) is 0 Å². The lowest BCUT2D eigenvalue weighted by Gasteiger charge is -2.12. The third-order valence-electron chi connectivity index (χ3n) is 2.37. The molecule has 0 saturated heterocycles. The maximum atomic E-state index is 13.5. The van der Waals surface area contributed by atoms with Gasteiger partial charge in [0, 0.05) is 5.56 Å². The predicted molar refractivity (Wildman–Crippen MR) is 60.2 cm³/mol. The van der Waals surface area contributed by atoms with Crippen molar-refractivity contribution in [3.05, 3.63) is 48.3 Å². The summed E-state index contributed by atoms with van der Waals surface area (Å²) in [6.07, 6.45) is -4.93. The van der Waals surface area contributed by atoms with Gasteiger partial charge in [0.2, 0.25) is 0 Å². The van der Waals surface area contributed by atoms with E-state index >= 15 is 0 Å². The van der Waals surface area contributed by atoms with E-state index < -0.39 is 23.7 Å². The largest absolute Gasteiger partial charge is 0.573 e. The van der Waals surface area contributed by atoms with E-state index in [1.54, 1.807) is 6.07 Å². The van der Waals surface area contributed by atoms with Gasteiger partial charge < -0.3 is 9.84 Å². The Bertz CT molecular complexity index is 593. The number of benzene rings is 2. The summed E-state index contributed by atoms with van der Waals surface area (Å²) in [5, 5.41) is 9.30. The molecule has 0 radical (unpaired) electrons. The zero-order valence-corrected chi connectivity index (χ0v) is 9.41. The molecule has 0 aromatic heterocycles. The average Bonchev–Trinajstić information content (AvgIpc) is 2.31. The van der Waals surface area contributed by atoms with Crippen LogP contribution in [-0.2, 0) is 0 Å². The Hall–Kier alpha value is -2.24. The lowest BCUT2D eigenvalue weighted by atomic mass is 10.0. The summed E-state index contributed by atoms with van der Waals surface area (Å²) in [6.45, 7) is 0. The fraction of sp³-hybridized carbons (Fsp3) is 0.0769. The summed E-state index contributed by atoms with van der Waals surface area (Å²) in [5.41, 5.74) is 0.296. The van der Waals surface area contributed by atoms with Crippen molar-refractivity contribution in [2.45, 2.75) is 6.36 Å². The molecule has 0 aliphatic rings. The smallest absolute Gasteiger partial charge is 0.504 e. The van der Waals surface area contributed by atoms with Gasteiger partial charge in [0.15, 0.2) is 11.5 Å². The van der Waals surface area contributed by atoms with Crippen molar-refractivity contribution in [2.75, 3.05) is 0 Å². The van der Waals surface area contributed by atoms with E-state index in [9.17, 15) is 22.7 Å². The van der Waals surface area contributed by atoms with Crippen LogP contribution in [0.15, 0.2) is 42.5 Å². The summed E-state index contributed by atoms with van der Waals surface area (Å²) in [7, 11) is 0. The van der Waals surface area contributed by atoms with Crippen molar-refractivity contribution < 1.29 is 27.4 Å². The highest BCUT2D eigenvalue weighted by atomic mass is 19.4. The van der Waals surface area contributed by atoms with E-state index in [-0.39, 0.29) is 11.1 Å². The van der Waals surface area contributed by atoms with Crippen LogP contribution < -0.4 is 4.74 Å². The van der Waals surface area contributed by atoms with Crippen LogP contribution in [0.1, 0.15) is 0 Å². The summed E-state index contributed by atoms with van der Waals surface area (Å²) in [5.74, 6) is -2.02. The first-order valence-corrected chi connectivity index (χ1v) is 5.20. The van der Waals surface area contributed by atoms with E-state index in [0.29, 0.717) is 0 Å². The first-order chi connectivity index (χ1) is 8.87. The van der Waals surface area contributed by atoms with E-state index in [0.717, 1.165) is 12.1 Å². The van der Waals surface area contributed by atoms with E-state index in [1.165, 1.54) is 24.3 Å². The number of alkyl halides is 3. The number of aromatic hydroxyl groups is 1. The van der Waals surface area contributed by atoms with Crippen LogP contribution in [0.5, 0.6) is 11.5 Å². The van der Waals surface area contributed by atoms with Crippen LogP contribution in [0.25, 0.3) is 11.1 Å². The third-order valence-corrected chi connectivity index (χ3v) is 2.37. The van der Waals surface area contributed by atoms with Gasteiger partial charge in [-0.1, -0.05) is 24.3 Å². The minimum Gasteiger partial charge on any atom is -0.504 e. The fourth-order valence-corrected chi connectivity index (χ4v) is 1.58. The molecule has 0 unspecified atom stereocenters. The lowest BCUT2D eigenvalue weighted by Crippen LogP contribution is -2.17. The maximum Gasteiger partial charge on any atom is 0.573 e. The van der Waals surface area contributed by atoms with Crippen LogP contribution in [0, 0.1) is 5.82 Å². The Morgan fingerprint density at radius 2 is 1.68 bits per heavy atom. The number of phenols is 1. The molecule has 1 N–H and O–H groups in total. The molecule has 0 aliphatic heterocycles. The molecule has 0 atom stereocenters. The minimum atomic E-state index is -4.93. The van der Waals surface area contributed by atoms with Gasteiger partial charge in [-0.05, 0) is 23.8 Å². The van der Waals surface area contributed by atoms with Crippen molar-refractivity contribution in [3.63, 3.8) is 0 Å². The van der Waals surface area contributed by atoms with Crippen LogP contribution in [-0.4, -0.2) is 11.5 Å². The van der Waals surface area contributed by atoms with E-state index in [2.05, 4.69) is 4.74 Å². The molecule has 100 valence electrons. The van der Waals surface area contributed by atoms with E-state index in [4.69, 9.17) is 0 Å². The molecule has 0 aliphatic carbocycles. The Morgan fingerprint density at radius 3 is 2.32 bits per heavy atom. The summed E-state index contributed by atoms with van der Waals surface area (Å²) in [4.78, 5) is 0. The first kappa shape index (κ1) is 13.2. The molecular weight excluding hydrogens is 264 g/mol. The Balaban J connectivity index is 2.44. The SMILES string of the molecule is Oc1ccc(-c2ccccc2F)cc1OC(F)(F)F. The molecule has 0 fully saturated rings. The maximum absolute atomic E-state index is 13.5. The van der Waals surface area contributed by atoms with Gasteiger partial charge in [-0.2, -0.15) is 0 Å². The quantitative estimate of drug-likeness (QED) is 0.834. The summed E-state index contributed by atoms with van der Waals surface area (Å²) >= 11 is 0. The third kappa shape index (κ3) is 3.15. The molecule has 0 heterocycles. The molecule has 2 aromatic carbocycles. The number of halogens is 4. The number of phenolic OH excluding ortho intramolecular Hbond substituents is 1. The van der Waals surface area contributed by atoms with Gasteiger partial charge in [-0.3, -0.25) is 0 Å². The number of ether oxygens (including phenoxy) is 1. The molecule has 0 spiro atoms. The number of hydrogen-bond acceptors (Lipinski definition) is 2. The second kappa shape index (κ2) is 4.79. The predicted octanol–water partition coefficient (Wildman–Crippen LogP) is 4.10.